The Morgan fingerprint density at radius 2 is 2.00 bits per heavy atom. The highest BCUT2D eigenvalue weighted by molar-refractivity contribution is 5.82. The van der Waals surface area contributed by atoms with Gasteiger partial charge in [-0.2, -0.15) is 0 Å². The molecule has 0 aromatic carbocycles. The first kappa shape index (κ1) is 11.9. The van der Waals surface area contributed by atoms with Crippen molar-refractivity contribution in [2.24, 2.45) is 17.6 Å². The first-order chi connectivity index (χ1) is 7.63. The minimum atomic E-state index is -0.288. The van der Waals surface area contributed by atoms with Gasteiger partial charge in [0.2, 0.25) is 5.91 Å². The molecule has 2 saturated carbocycles. The van der Waals surface area contributed by atoms with Crippen LogP contribution in [0.4, 0.5) is 0 Å². The maximum atomic E-state index is 12.3. The van der Waals surface area contributed by atoms with Crippen molar-refractivity contribution in [2.75, 3.05) is 6.54 Å². The Hall–Kier alpha value is -0.570. The van der Waals surface area contributed by atoms with Gasteiger partial charge in [0, 0.05) is 12.6 Å². The standard InChI is InChI=1S/C13H24N2O/c1-3-9(2)12(14)13(16)15(11-6-7-11)8-10-4-5-10/h9-12H,3-8,14H2,1-2H3. The highest BCUT2D eigenvalue weighted by atomic mass is 16.2. The molecule has 0 aliphatic heterocycles. The molecule has 0 aromatic heterocycles. The number of hydrogen-bond donors (Lipinski definition) is 1. The van der Waals surface area contributed by atoms with Crippen molar-refractivity contribution in [3.8, 4) is 0 Å². The van der Waals surface area contributed by atoms with Gasteiger partial charge >= 0.3 is 0 Å². The van der Waals surface area contributed by atoms with E-state index in [0.29, 0.717) is 12.0 Å². The van der Waals surface area contributed by atoms with Crippen LogP contribution in [-0.4, -0.2) is 29.4 Å². The summed E-state index contributed by atoms with van der Waals surface area (Å²) < 4.78 is 0. The van der Waals surface area contributed by atoms with Crippen LogP contribution in [0.15, 0.2) is 0 Å². The fraction of sp³-hybridized carbons (Fsp3) is 0.923. The van der Waals surface area contributed by atoms with Crippen LogP contribution >= 0.6 is 0 Å². The van der Waals surface area contributed by atoms with Crippen molar-refractivity contribution in [1.29, 1.82) is 0 Å². The van der Waals surface area contributed by atoms with Gasteiger partial charge in [-0.25, -0.2) is 0 Å². The lowest BCUT2D eigenvalue weighted by Crippen LogP contribution is -2.48. The maximum Gasteiger partial charge on any atom is 0.240 e. The van der Waals surface area contributed by atoms with Crippen LogP contribution in [0.25, 0.3) is 0 Å². The highest BCUT2D eigenvalue weighted by Crippen LogP contribution is 2.35. The lowest BCUT2D eigenvalue weighted by Gasteiger charge is -2.28. The molecule has 2 atom stereocenters. The van der Waals surface area contributed by atoms with E-state index in [0.717, 1.165) is 18.9 Å². The van der Waals surface area contributed by atoms with E-state index in [1.807, 2.05) is 0 Å². The quantitative estimate of drug-likeness (QED) is 0.747. The van der Waals surface area contributed by atoms with Crippen LogP contribution < -0.4 is 5.73 Å². The highest BCUT2D eigenvalue weighted by Gasteiger charge is 2.38. The zero-order chi connectivity index (χ0) is 11.7. The summed E-state index contributed by atoms with van der Waals surface area (Å²) in [5, 5.41) is 0. The molecule has 2 rings (SSSR count). The number of hydrogen-bond acceptors (Lipinski definition) is 2. The van der Waals surface area contributed by atoms with Crippen LogP contribution in [0.3, 0.4) is 0 Å². The molecule has 0 aromatic rings. The average molecular weight is 224 g/mol. The van der Waals surface area contributed by atoms with Crippen molar-refractivity contribution < 1.29 is 4.79 Å². The number of carbonyl (C=O) groups excluding carboxylic acids is 1. The van der Waals surface area contributed by atoms with E-state index in [9.17, 15) is 4.79 Å². The van der Waals surface area contributed by atoms with Gasteiger partial charge in [0.05, 0.1) is 6.04 Å². The van der Waals surface area contributed by atoms with E-state index in [1.54, 1.807) is 0 Å². The molecule has 16 heavy (non-hydrogen) atoms. The monoisotopic (exact) mass is 224 g/mol. The number of amides is 1. The summed E-state index contributed by atoms with van der Waals surface area (Å²) in [5.74, 6) is 1.27. The van der Waals surface area contributed by atoms with Gasteiger partial charge in [0.1, 0.15) is 0 Å². The molecule has 1 amide bonds. The SMILES string of the molecule is CCC(C)C(N)C(=O)N(CC1CC1)C1CC1. The van der Waals surface area contributed by atoms with Crippen LogP contribution in [0, 0.1) is 11.8 Å². The van der Waals surface area contributed by atoms with Gasteiger partial charge in [-0.15, -0.1) is 0 Å². The largest absolute Gasteiger partial charge is 0.338 e. The molecule has 2 aliphatic carbocycles. The number of carbonyl (C=O) groups is 1. The summed E-state index contributed by atoms with van der Waals surface area (Å²) in [6, 6.07) is 0.229. The Labute approximate surface area is 98.4 Å². The van der Waals surface area contributed by atoms with Crippen molar-refractivity contribution >= 4 is 5.91 Å². The lowest BCUT2D eigenvalue weighted by molar-refractivity contribution is -0.134. The molecule has 0 heterocycles. The zero-order valence-electron chi connectivity index (χ0n) is 10.5. The third-order valence-corrected chi connectivity index (χ3v) is 3.96. The summed E-state index contributed by atoms with van der Waals surface area (Å²) in [5.41, 5.74) is 6.04. The van der Waals surface area contributed by atoms with Crippen molar-refractivity contribution in [2.45, 2.75) is 58.0 Å². The second kappa shape index (κ2) is 4.74. The first-order valence-corrected chi connectivity index (χ1v) is 6.69. The second-order valence-corrected chi connectivity index (χ2v) is 5.58. The second-order valence-electron chi connectivity index (χ2n) is 5.58. The number of nitrogens with zero attached hydrogens (tertiary/aromatic N) is 1. The van der Waals surface area contributed by atoms with Crippen molar-refractivity contribution in [1.82, 2.24) is 4.90 Å². The van der Waals surface area contributed by atoms with E-state index in [-0.39, 0.29) is 11.9 Å². The van der Waals surface area contributed by atoms with Gasteiger partial charge in [0.25, 0.3) is 0 Å². The molecule has 92 valence electrons. The van der Waals surface area contributed by atoms with E-state index < -0.39 is 0 Å². The van der Waals surface area contributed by atoms with E-state index in [2.05, 4.69) is 18.7 Å². The van der Waals surface area contributed by atoms with E-state index in [1.165, 1.54) is 25.7 Å². The molecule has 0 saturated heterocycles. The molecular formula is C13H24N2O. The van der Waals surface area contributed by atoms with Gasteiger partial charge in [0.15, 0.2) is 0 Å². The summed E-state index contributed by atoms with van der Waals surface area (Å²) in [6.07, 6.45) is 5.95. The predicted octanol–water partition coefficient (Wildman–Crippen LogP) is 1.76. The maximum absolute atomic E-state index is 12.3. The molecule has 0 radical (unpaired) electrons. The summed E-state index contributed by atoms with van der Waals surface area (Å²) in [7, 11) is 0. The Kier molecular flexibility index (Phi) is 3.53. The topological polar surface area (TPSA) is 46.3 Å². The van der Waals surface area contributed by atoms with Crippen molar-refractivity contribution in [3.63, 3.8) is 0 Å². The van der Waals surface area contributed by atoms with Gasteiger partial charge in [-0.05, 0) is 37.5 Å². The minimum Gasteiger partial charge on any atom is -0.338 e. The minimum absolute atomic E-state index is 0.198. The Balaban J connectivity index is 1.92. The number of rotatable bonds is 6. The molecule has 0 bridgehead atoms. The van der Waals surface area contributed by atoms with Gasteiger partial charge < -0.3 is 10.6 Å². The van der Waals surface area contributed by atoms with Gasteiger partial charge in [-0.1, -0.05) is 20.3 Å². The molecule has 3 heteroatoms. The van der Waals surface area contributed by atoms with E-state index >= 15 is 0 Å². The molecule has 2 N–H and O–H groups in total. The normalized spacial score (nSPS) is 23.9. The Bertz CT molecular complexity index is 259. The fourth-order valence-corrected chi connectivity index (χ4v) is 2.07. The Morgan fingerprint density at radius 3 is 2.44 bits per heavy atom. The first-order valence-electron chi connectivity index (χ1n) is 6.69. The van der Waals surface area contributed by atoms with Crippen LogP contribution in [0.2, 0.25) is 0 Å². The summed E-state index contributed by atoms with van der Waals surface area (Å²) >= 11 is 0. The Morgan fingerprint density at radius 1 is 1.38 bits per heavy atom. The third-order valence-electron chi connectivity index (χ3n) is 3.96. The number of nitrogens with two attached hydrogens (primary N) is 1. The molecule has 3 nitrogen and oxygen atoms in total. The third kappa shape index (κ3) is 2.76. The summed E-state index contributed by atoms with van der Waals surface area (Å²) in [4.78, 5) is 14.4. The van der Waals surface area contributed by atoms with Crippen LogP contribution in [0.1, 0.15) is 46.0 Å². The average Bonchev–Trinajstić information content (AvgIpc) is 3.15. The molecular weight excluding hydrogens is 200 g/mol. The van der Waals surface area contributed by atoms with E-state index in [4.69, 9.17) is 5.73 Å². The van der Waals surface area contributed by atoms with Crippen LogP contribution in [0.5, 0.6) is 0 Å². The molecule has 2 aliphatic rings. The molecule has 0 spiro atoms. The predicted molar refractivity (Wildman–Crippen MR) is 64.9 cm³/mol. The molecule has 2 unspecified atom stereocenters. The van der Waals surface area contributed by atoms with Crippen LogP contribution in [-0.2, 0) is 4.79 Å². The molecule has 2 fully saturated rings. The van der Waals surface area contributed by atoms with Crippen molar-refractivity contribution in [3.05, 3.63) is 0 Å². The van der Waals surface area contributed by atoms with Gasteiger partial charge in [-0.3, -0.25) is 4.79 Å². The fourth-order valence-electron chi connectivity index (χ4n) is 2.07. The summed E-state index contributed by atoms with van der Waals surface area (Å²) in [6.45, 7) is 5.14. The smallest absolute Gasteiger partial charge is 0.240 e. The lowest BCUT2D eigenvalue weighted by atomic mass is 9.98. The zero-order valence-corrected chi connectivity index (χ0v) is 10.5.